The number of hydrogen-bond acceptors (Lipinski definition) is 10. The van der Waals surface area contributed by atoms with Crippen molar-refractivity contribution < 1.29 is 19.1 Å². The second-order valence-electron chi connectivity index (χ2n) is 7.22. The largest absolute Gasteiger partial charge is 0.488 e. The lowest BCUT2D eigenvalue weighted by Crippen LogP contribution is -2.38. The third kappa shape index (κ3) is 4.03. The van der Waals surface area contributed by atoms with Crippen LogP contribution in [0.1, 0.15) is 35.5 Å². The minimum Gasteiger partial charge on any atom is -0.488 e. The summed E-state index contributed by atoms with van der Waals surface area (Å²) in [5.74, 6) is -0.876. The average Bonchev–Trinajstić information content (AvgIpc) is 3.48. The fourth-order valence-electron chi connectivity index (χ4n) is 3.66. The highest BCUT2D eigenvalue weighted by Gasteiger charge is 2.32. The van der Waals surface area contributed by atoms with Crippen molar-refractivity contribution >= 4 is 28.1 Å². The molecule has 1 aliphatic rings. The Morgan fingerprint density at radius 3 is 2.87 bits per heavy atom. The number of nitrogens with one attached hydrogen (secondary N) is 1. The second kappa shape index (κ2) is 8.47. The van der Waals surface area contributed by atoms with Gasteiger partial charge in [0.05, 0.1) is 24.9 Å². The molecular weight excluding hydrogens is 424 g/mol. The van der Waals surface area contributed by atoms with Gasteiger partial charge >= 0.3 is 5.63 Å². The van der Waals surface area contributed by atoms with Crippen molar-refractivity contribution in [2.45, 2.75) is 38.3 Å². The van der Waals surface area contributed by atoms with E-state index in [-0.39, 0.29) is 22.7 Å². The lowest BCUT2D eigenvalue weighted by molar-refractivity contribution is 0.0991. The highest BCUT2D eigenvalue weighted by atomic mass is 32.1. The maximum Gasteiger partial charge on any atom is 0.381 e. The van der Waals surface area contributed by atoms with E-state index < -0.39 is 17.6 Å². The van der Waals surface area contributed by atoms with Gasteiger partial charge in [-0.15, -0.1) is 10.2 Å². The van der Waals surface area contributed by atoms with Gasteiger partial charge in [0, 0.05) is 25.0 Å². The van der Waals surface area contributed by atoms with Crippen LogP contribution < -0.4 is 20.6 Å². The molecule has 0 radical (unpaired) electrons. The molecule has 1 fully saturated rings. The predicted octanol–water partition coefficient (Wildman–Crippen LogP) is 1.60. The molecule has 1 amide bonds. The molecule has 164 valence electrons. The van der Waals surface area contributed by atoms with Crippen molar-refractivity contribution in [1.29, 1.82) is 0 Å². The highest BCUT2D eigenvalue weighted by Crippen LogP contribution is 2.32. The van der Waals surface area contributed by atoms with Gasteiger partial charge in [0.1, 0.15) is 0 Å². The summed E-state index contributed by atoms with van der Waals surface area (Å²) < 4.78 is 12.0. The minimum atomic E-state index is -0.783. The van der Waals surface area contributed by atoms with E-state index in [0.29, 0.717) is 17.2 Å². The van der Waals surface area contributed by atoms with Crippen molar-refractivity contribution in [1.82, 2.24) is 20.0 Å². The molecule has 1 aliphatic carbocycles. The summed E-state index contributed by atoms with van der Waals surface area (Å²) in [5, 5.41) is 25.7. The Bertz CT molecular complexity index is 1150. The van der Waals surface area contributed by atoms with E-state index in [9.17, 15) is 14.7 Å². The number of carbonyl (C=O) groups excluding carboxylic acids is 1. The number of anilines is 2. The lowest BCUT2D eigenvalue weighted by atomic mass is 10.1. The Labute approximate surface area is 181 Å². The van der Waals surface area contributed by atoms with E-state index in [2.05, 4.69) is 20.6 Å². The summed E-state index contributed by atoms with van der Waals surface area (Å²) in [6, 6.07) is 3.07. The number of aryl methyl sites for hydroxylation is 1. The molecule has 4 rings (SSSR count). The summed E-state index contributed by atoms with van der Waals surface area (Å²) in [6.07, 6.45) is 3.44. The number of carbonyl (C=O) groups is 1. The fourth-order valence-corrected chi connectivity index (χ4v) is 4.42. The maximum absolute atomic E-state index is 12.8. The van der Waals surface area contributed by atoms with Crippen molar-refractivity contribution in [3.8, 4) is 10.9 Å². The molecule has 2 atom stereocenters. The molecular formula is C19H22N6O5S. The Kier molecular flexibility index (Phi) is 5.74. The van der Waals surface area contributed by atoms with Crippen LogP contribution in [0.4, 0.5) is 10.8 Å². The molecule has 0 spiro atoms. The molecule has 1 saturated carbocycles. The number of amides is 1. The summed E-state index contributed by atoms with van der Waals surface area (Å²) >= 11 is 1.13. The van der Waals surface area contributed by atoms with Crippen LogP contribution in [-0.2, 0) is 0 Å². The predicted molar refractivity (Wildman–Crippen MR) is 113 cm³/mol. The quantitative estimate of drug-likeness (QED) is 0.578. The number of aromatic nitrogens is 4. The number of methoxy groups -OCH3 is 1. The van der Waals surface area contributed by atoms with Crippen molar-refractivity contribution in [3.63, 3.8) is 0 Å². The van der Waals surface area contributed by atoms with Crippen LogP contribution in [0.15, 0.2) is 27.5 Å². The fraction of sp³-hybridized carbons (Fsp3) is 0.421. The number of aliphatic hydroxyl groups excluding tert-OH is 1. The van der Waals surface area contributed by atoms with Crippen LogP contribution in [0.5, 0.6) is 5.75 Å². The zero-order valence-electron chi connectivity index (χ0n) is 17.2. The number of likely N-dealkylation sites (N-methyl/N-ethyl adjacent to an activating group) is 1. The molecule has 3 aromatic rings. The molecule has 3 aromatic heterocycles. The van der Waals surface area contributed by atoms with Crippen LogP contribution in [-0.4, -0.2) is 57.3 Å². The molecule has 0 bridgehead atoms. The van der Waals surface area contributed by atoms with Crippen LogP contribution in [0.3, 0.4) is 0 Å². The molecule has 2 N–H and O–H groups in total. The molecule has 3 heterocycles. The summed E-state index contributed by atoms with van der Waals surface area (Å²) in [6.45, 7) is 1.87. The first-order valence-corrected chi connectivity index (χ1v) is 10.5. The Balaban J connectivity index is 1.60. The molecule has 12 heteroatoms. The lowest BCUT2D eigenvalue weighted by Gasteiger charge is -2.29. The normalized spacial score (nSPS) is 18.2. The molecule has 0 unspecified atom stereocenters. The average molecular weight is 446 g/mol. The van der Waals surface area contributed by atoms with Gasteiger partial charge in [0.25, 0.3) is 5.91 Å². The van der Waals surface area contributed by atoms with E-state index in [4.69, 9.17) is 9.15 Å². The third-order valence-electron chi connectivity index (χ3n) is 5.29. The third-order valence-corrected chi connectivity index (χ3v) is 6.10. The van der Waals surface area contributed by atoms with Gasteiger partial charge in [0.2, 0.25) is 16.0 Å². The number of aliphatic hydroxyl groups is 1. The first-order chi connectivity index (χ1) is 14.9. The van der Waals surface area contributed by atoms with Gasteiger partial charge in [-0.25, -0.2) is 9.48 Å². The summed E-state index contributed by atoms with van der Waals surface area (Å²) in [7, 11) is 3.11. The Morgan fingerprint density at radius 1 is 1.42 bits per heavy atom. The van der Waals surface area contributed by atoms with Gasteiger partial charge in [-0.3, -0.25) is 10.1 Å². The smallest absolute Gasteiger partial charge is 0.381 e. The molecule has 0 saturated heterocycles. The SMILES string of the molecule is COc1c(N(C)[C@@H]2CCC[C@@H]2O)cc(C(=O)Nc2nnc(-n3nccc3C)s2)oc1=O. The van der Waals surface area contributed by atoms with Crippen LogP contribution in [0.2, 0.25) is 0 Å². The van der Waals surface area contributed by atoms with Crippen LogP contribution in [0, 0.1) is 6.92 Å². The zero-order chi connectivity index (χ0) is 22.1. The van der Waals surface area contributed by atoms with E-state index in [1.54, 1.807) is 22.8 Å². The standard InChI is InChI=1S/C19H22N6O5S/c1-10-7-8-20-25(10)19-23-22-18(31-19)21-16(27)14-9-12(15(29-3)17(28)30-14)24(2)11-5-4-6-13(11)26/h7-9,11,13,26H,4-6H2,1-3H3,(H,21,22,27)/t11-,13+/m1/s1. The minimum absolute atomic E-state index is 0.0227. The van der Waals surface area contributed by atoms with Gasteiger partial charge in [0.15, 0.2) is 5.76 Å². The van der Waals surface area contributed by atoms with Crippen molar-refractivity contribution in [2.75, 3.05) is 24.4 Å². The number of hydrogen-bond donors (Lipinski definition) is 2. The Morgan fingerprint density at radius 2 is 2.23 bits per heavy atom. The van der Waals surface area contributed by atoms with Crippen LogP contribution in [0.25, 0.3) is 5.13 Å². The highest BCUT2D eigenvalue weighted by molar-refractivity contribution is 7.17. The summed E-state index contributed by atoms with van der Waals surface area (Å²) in [4.78, 5) is 27.0. The van der Waals surface area contributed by atoms with Crippen LogP contribution >= 0.6 is 11.3 Å². The molecule has 31 heavy (non-hydrogen) atoms. The number of nitrogens with zero attached hydrogens (tertiary/aromatic N) is 5. The molecule has 11 nitrogen and oxygen atoms in total. The van der Waals surface area contributed by atoms with E-state index >= 15 is 0 Å². The van der Waals surface area contributed by atoms with Crippen molar-refractivity contribution in [2.24, 2.45) is 0 Å². The molecule has 0 aliphatic heterocycles. The molecule has 0 aromatic carbocycles. The van der Waals surface area contributed by atoms with Crippen molar-refractivity contribution in [3.05, 3.63) is 40.2 Å². The number of ether oxygens (including phenoxy) is 1. The second-order valence-corrected chi connectivity index (χ2v) is 8.18. The summed E-state index contributed by atoms with van der Waals surface area (Å²) in [5.41, 5.74) is 0.464. The topological polar surface area (TPSA) is 136 Å². The first-order valence-electron chi connectivity index (χ1n) is 9.68. The first kappa shape index (κ1) is 21.0. The van der Waals surface area contributed by atoms with Gasteiger partial charge in [-0.05, 0) is 32.3 Å². The van der Waals surface area contributed by atoms with E-state index in [0.717, 1.165) is 29.9 Å². The monoisotopic (exact) mass is 446 g/mol. The van der Waals surface area contributed by atoms with E-state index in [1.807, 2.05) is 13.0 Å². The zero-order valence-corrected chi connectivity index (χ0v) is 18.0. The van der Waals surface area contributed by atoms with Gasteiger partial charge < -0.3 is 19.2 Å². The van der Waals surface area contributed by atoms with E-state index in [1.165, 1.54) is 13.2 Å². The Hall–Kier alpha value is -3.25. The maximum atomic E-state index is 12.8. The van der Waals surface area contributed by atoms with Gasteiger partial charge in [-0.1, -0.05) is 11.3 Å². The number of rotatable bonds is 6. The van der Waals surface area contributed by atoms with Gasteiger partial charge in [-0.2, -0.15) is 5.10 Å².